The van der Waals surface area contributed by atoms with Gasteiger partial charge in [-0.3, -0.25) is 13.9 Å². The first-order chi connectivity index (χ1) is 16.4. The zero-order chi connectivity index (χ0) is 26.3. The molecular weight excluding hydrogens is 556 g/mol. The number of nitrogens with one attached hydrogen (secondary N) is 1. The Labute approximate surface area is 226 Å². The molecule has 12 heteroatoms. The maximum atomic E-state index is 13.6. The first-order valence-corrected chi connectivity index (χ1v) is 14.2. The summed E-state index contributed by atoms with van der Waals surface area (Å²) in [4.78, 5) is 27.6. The van der Waals surface area contributed by atoms with Gasteiger partial charge in [0.25, 0.3) is 0 Å². The minimum Gasteiger partial charge on any atom is -0.354 e. The van der Waals surface area contributed by atoms with Crippen molar-refractivity contribution in [1.29, 1.82) is 0 Å². The molecule has 0 saturated heterocycles. The van der Waals surface area contributed by atoms with Crippen LogP contribution in [0.15, 0.2) is 36.4 Å². The number of hydrogen-bond donors (Lipinski definition) is 1. The molecule has 0 aliphatic carbocycles. The van der Waals surface area contributed by atoms with E-state index in [-0.39, 0.29) is 28.2 Å². The van der Waals surface area contributed by atoms with Crippen LogP contribution in [0.4, 0.5) is 5.69 Å². The van der Waals surface area contributed by atoms with Gasteiger partial charge in [0, 0.05) is 28.7 Å². The van der Waals surface area contributed by atoms with Crippen LogP contribution in [0, 0.1) is 0 Å². The molecule has 1 atom stereocenters. The van der Waals surface area contributed by atoms with Gasteiger partial charge in [-0.15, -0.1) is 0 Å². The van der Waals surface area contributed by atoms with E-state index in [0.29, 0.717) is 22.2 Å². The molecule has 2 rings (SSSR count). The van der Waals surface area contributed by atoms with Crippen LogP contribution in [0.2, 0.25) is 20.1 Å². The minimum absolute atomic E-state index is 0.0153. The highest BCUT2D eigenvalue weighted by Crippen LogP contribution is 2.34. The lowest BCUT2D eigenvalue weighted by atomic mass is 10.1. The summed E-state index contributed by atoms with van der Waals surface area (Å²) in [7, 11) is -3.95. The topological polar surface area (TPSA) is 86.8 Å². The largest absolute Gasteiger partial charge is 0.354 e. The molecule has 2 aromatic carbocycles. The van der Waals surface area contributed by atoms with Gasteiger partial charge in [0.2, 0.25) is 21.8 Å². The first kappa shape index (κ1) is 29.5. The third-order valence-corrected chi connectivity index (χ3v) is 7.91. The van der Waals surface area contributed by atoms with E-state index in [2.05, 4.69) is 5.32 Å². The van der Waals surface area contributed by atoms with Crippen molar-refractivity contribution in [3.8, 4) is 0 Å². The number of hydrogen-bond acceptors (Lipinski definition) is 4. The first-order valence-electron chi connectivity index (χ1n) is 10.8. The smallest absolute Gasteiger partial charge is 0.244 e. The average molecular weight is 583 g/mol. The lowest BCUT2D eigenvalue weighted by Gasteiger charge is -2.32. The van der Waals surface area contributed by atoms with Crippen LogP contribution < -0.4 is 9.62 Å². The van der Waals surface area contributed by atoms with E-state index in [1.807, 2.05) is 6.92 Å². The molecule has 35 heavy (non-hydrogen) atoms. The van der Waals surface area contributed by atoms with E-state index >= 15 is 0 Å². The molecule has 0 saturated carbocycles. The molecule has 0 fully saturated rings. The summed E-state index contributed by atoms with van der Waals surface area (Å²) in [5, 5.41) is 3.54. The maximum absolute atomic E-state index is 13.6. The lowest BCUT2D eigenvalue weighted by molar-refractivity contribution is -0.139. The zero-order valence-electron chi connectivity index (χ0n) is 19.5. The van der Waals surface area contributed by atoms with Crippen molar-refractivity contribution in [3.63, 3.8) is 0 Å². The molecule has 2 aromatic rings. The number of carbonyl (C=O) groups excluding carboxylic acids is 2. The van der Waals surface area contributed by atoms with Crippen molar-refractivity contribution in [1.82, 2.24) is 10.2 Å². The predicted molar refractivity (Wildman–Crippen MR) is 143 cm³/mol. The van der Waals surface area contributed by atoms with Gasteiger partial charge in [-0.1, -0.05) is 71.9 Å². The molecule has 1 N–H and O–H groups in total. The Hall–Kier alpha value is -1.71. The summed E-state index contributed by atoms with van der Waals surface area (Å²) in [6, 6.07) is 8.43. The van der Waals surface area contributed by atoms with Gasteiger partial charge in [-0.2, -0.15) is 0 Å². The van der Waals surface area contributed by atoms with E-state index in [9.17, 15) is 18.0 Å². The van der Waals surface area contributed by atoms with Gasteiger partial charge in [-0.25, -0.2) is 8.42 Å². The van der Waals surface area contributed by atoms with Gasteiger partial charge >= 0.3 is 0 Å². The summed E-state index contributed by atoms with van der Waals surface area (Å²) >= 11 is 25.0. The Morgan fingerprint density at radius 1 is 1.00 bits per heavy atom. The molecule has 0 heterocycles. The normalized spacial score (nSPS) is 12.2. The number of sulfonamides is 1. The highest BCUT2D eigenvalue weighted by molar-refractivity contribution is 7.92. The van der Waals surface area contributed by atoms with Crippen molar-refractivity contribution < 1.29 is 18.0 Å². The Bertz CT molecular complexity index is 1160. The van der Waals surface area contributed by atoms with Crippen molar-refractivity contribution in [2.45, 2.75) is 39.3 Å². The summed E-state index contributed by atoms with van der Waals surface area (Å²) in [5.74, 6) is -1.04. The van der Waals surface area contributed by atoms with Crippen LogP contribution in [0.5, 0.6) is 0 Å². The molecule has 192 valence electrons. The van der Waals surface area contributed by atoms with Crippen LogP contribution in [0.3, 0.4) is 0 Å². The maximum Gasteiger partial charge on any atom is 0.244 e. The second-order valence-electron chi connectivity index (χ2n) is 7.88. The third-order valence-electron chi connectivity index (χ3n) is 5.27. The van der Waals surface area contributed by atoms with E-state index < -0.39 is 28.5 Å². The summed E-state index contributed by atoms with van der Waals surface area (Å²) in [6.07, 6.45) is 2.61. The van der Waals surface area contributed by atoms with Gasteiger partial charge in [0.15, 0.2) is 0 Å². The molecule has 0 spiro atoms. The number of carbonyl (C=O) groups is 2. The molecular formula is C23H27Cl4N3O4S. The zero-order valence-corrected chi connectivity index (χ0v) is 23.4. The fourth-order valence-electron chi connectivity index (χ4n) is 3.25. The molecule has 0 radical (unpaired) electrons. The number of rotatable bonds is 11. The van der Waals surface area contributed by atoms with Crippen molar-refractivity contribution in [3.05, 3.63) is 62.1 Å². The highest BCUT2D eigenvalue weighted by Gasteiger charge is 2.31. The summed E-state index contributed by atoms with van der Waals surface area (Å²) in [5.41, 5.74) is 0.481. The Balaban J connectivity index is 2.45. The molecule has 2 amide bonds. The quantitative estimate of drug-likeness (QED) is 0.359. The van der Waals surface area contributed by atoms with Crippen molar-refractivity contribution in [2.24, 2.45) is 0 Å². The number of nitrogens with zero attached hydrogens (tertiary/aromatic N) is 2. The van der Waals surface area contributed by atoms with E-state index in [0.717, 1.165) is 23.4 Å². The number of benzene rings is 2. The summed E-state index contributed by atoms with van der Waals surface area (Å²) < 4.78 is 26.1. The lowest BCUT2D eigenvalue weighted by Crippen LogP contribution is -2.51. The molecule has 0 aliphatic heterocycles. The number of halogens is 4. The Morgan fingerprint density at radius 3 is 2.14 bits per heavy atom. The predicted octanol–water partition coefficient (Wildman–Crippen LogP) is 5.40. The fourth-order valence-corrected chi connectivity index (χ4v) is 5.07. The number of unbranched alkanes of at least 4 members (excludes halogenated alkanes) is 1. The van der Waals surface area contributed by atoms with Crippen LogP contribution in [0.1, 0.15) is 32.3 Å². The average Bonchev–Trinajstić information content (AvgIpc) is 2.78. The van der Waals surface area contributed by atoms with E-state index in [4.69, 9.17) is 46.4 Å². The standard InChI is InChI=1S/C23H27Cl4N3O4S/c1-4-5-12-28-23(32)15(2)29(13-16-17(24)8-6-9-18(16)25)21(31)14-30(35(3,33)34)20-11-7-10-19(26)22(20)27/h6-11,15H,4-5,12-14H2,1-3H3,(H,28,32). The van der Waals surface area contributed by atoms with Crippen molar-refractivity contribution in [2.75, 3.05) is 23.7 Å². The molecule has 0 aliphatic rings. The van der Waals surface area contributed by atoms with Crippen LogP contribution in [0.25, 0.3) is 0 Å². The van der Waals surface area contributed by atoms with Gasteiger partial charge in [0.05, 0.1) is 22.0 Å². The van der Waals surface area contributed by atoms with Crippen LogP contribution in [-0.4, -0.2) is 50.5 Å². The molecule has 7 nitrogen and oxygen atoms in total. The van der Waals surface area contributed by atoms with Crippen molar-refractivity contribution >= 4 is 73.9 Å². The van der Waals surface area contributed by atoms with Gasteiger partial charge in [0.1, 0.15) is 12.6 Å². The molecule has 0 bridgehead atoms. The fraction of sp³-hybridized carbons (Fsp3) is 0.391. The Morgan fingerprint density at radius 2 is 1.57 bits per heavy atom. The highest BCUT2D eigenvalue weighted by atomic mass is 35.5. The van der Waals surface area contributed by atoms with Gasteiger partial charge in [-0.05, 0) is 37.6 Å². The van der Waals surface area contributed by atoms with E-state index in [1.165, 1.54) is 23.1 Å². The molecule has 0 aromatic heterocycles. The molecule has 1 unspecified atom stereocenters. The second-order valence-corrected chi connectivity index (χ2v) is 11.4. The minimum atomic E-state index is -3.95. The second kappa shape index (κ2) is 13.0. The summed E-state index contributed by atoms with van der Waals surface area (Å²) in [6.45, 7) is 3.27. The van der Waals surface area contributed by atoms with Crippen LogP contribution >= 0.6 is 46.4 Å². The van der Waals surface area contributed by atoms with E-state index in [1.54, 1.807) is 25.1 Å². The third kappa shape index (κ3) is 7.89. The number of anilines is 1. The Kier molecular flexibility index (Phi) is 11.0. The SMILES string of the molecule is CCCCNC(=O)C(C)N(Cc1c(Cl)cccc1Cl)C(=O)CN(c1cccc(Cl)c1Cl)S(C)(=O)=O. The van der Waals surface area contributed by atoms with Gasteiger partial charge < -0.3 is 10.2 Å². The monoisotopic (exact) mass is 581 g/mol. The number of amides is 2. The van der Waals surface area contributed by atoms with Crippen LogP contribution in [-0.2, 0) is 26.2 Å².